The summed E-state index contributed by atoms with van der Waals surface area (Å²) in [5.41, 5.74) is 0.579. The van der Waals surface area contributed by atoms with Crippen LogP contribution in [-0.4, -0.2) is 97.5 Å². The Morgan fingerprint density at radius 2 is 1.44 bits per heavy atom. The normalized spacial score (nSPS) is 20.3. The summed E-state index contributed by atoms with van der Waals surface area (Å²) in [7, 11) is 0. The van der Waals surface area contributed by atoms with Gasteiger partial charge < -0.3 is 24.2 Å². The lowest BCUT2D eigenvalue weighted by molar-refractivity contribution is 0.0712. The van der Waals surface area contributed by atoms with Crippen LogP contribution in [-0.2, 0) is 4.74 Å². The van der Waals surface area contributed by atoms with E-state index in [-0.39, 0.29) is 5.91 Å². The number of amides is 1. The molecule has 3 fully saturated rings. The SMILES string of the molecule is O=C(c1ccccc1Oc1ccccc1)N1CCN(c2ccc(N3CCN(CC4CCCO4)CC3)nn2)CC1. The molecular formula is C30H36N6O3. The summed E-state index contributed by atoms with van der Waals surface area (Å²) in [6, 6.07) is 21.1. The molecule has 0 saturated carbocycles. The molecule has 9 nitrogen and oxygen atoms in total. The van der Waals surface area contributed by atoms with Gasteiger partial charge in [-0.1, -0.05) is 30.3 Å². The van der Waals surface area contributed by atoms with Crippen LogP contribution < -0.4 is 14.5 Å². The molecule has 1 unspecified atom stereocenters. The van der Waals surface area contributed by atoms with Gasteiger partial charge in [0.05, 0.1) is 11.7 Å². The van der Waals surface area contributed by atoms with Crippen molar-refractivity contribution in [3.8, 4) is 11.5 Å². The summed E-state index contributed by atoms with van der Waals surface area (Å²) in [6.07, 6.45) is 2.78. The predicted octanol–water partition coefficient (Wildman–Crippen LogP) is 3.53. The molecule has 3 aliphatic heterocycles. The first-order chi connectivity index (χ1) is 19.2. The van der Waals surface area contributed by atoms with Crippen molar-refractivity contribution in [2.75, 3.05) is 75.3 Å². The fraction of sp³-hybridized carbons (Fsp3) is 0.433. The van der Waals surface area contributed by atoms with Crippen molar-refractivity contribution in [3.05, 3.63) is 72.3 Å². The Bertz CT molecular complexity index is 1220. The number of nitrogens with zero attached hydrogens (tertiary/aromatic N) is 6. The number of carbonyl (C=O) groups excluding carboxylic acids is 1. The van der Waals surface area contributed by atoms with E-state index in [0.29, 0.717) is 49.3 Å². The van der Waals surface area contributed by atoms with E-state index in [4.69, 9.17) is 9.47 Å². The van der Waals surface area contributed by atoms with Crippen molar-refractivity contribution in [2.45, 2.75) is 18.9 Å². The van der Waals surface area contributed by atoms with E-state index in [1.54, 1.807) is 0 Å². The summed E-state index contributed by atoms with van der Waals surface area (Å²) in [4.78, 5) is 22.3. The van der Waals surface area contributed by atoms with Gasteiger partial charge in [-0.15, -0.1) is 10.2 Å². The highest BCUT2D eigenvalue weighted by atomic mass is 16.5. The van der Waals surface area contributed by atoms with Crippen LogP contribution in [0.3, 0.4) is 0 Å². The van der Waals surface area contributed by atoms with Crippen LogP contribution in [0.4, 0.5) is 11.6 Å². The molecule has 0 bridgehead atoms. The summed E-state index contributed by atoms with van der Waals surface area (Å²) in [5.74, 6) is 3.06. The lowest BCUT2D eigenvalue weighted by Crippen LogP contribution is -2.49. The molecule has 1 atom stereocenters. The molecule has 0 radical (unpaired) electrons. The number of piperazine rings is 2. The smallest absolute Gasteiger partial charge is 0.257 e. The molecule has 4 heterocycles. The van der Waals surface area contributed by atoms with Gasteiger partial charge in [-0.05, 0) is 49.2 Å². The van der Waals surface area contributed by atoms with Crippen molar-refractivity contribution in [1.82, 2.24) is 20.0 Å². The van der Waals surface area contributed by atoms with Crippen molar-refractivity contribution in [2.24, 2.45) is 0 Å². The van der Waals surface area contributed by atoms with Gasteiger partial charge in [0.25, 0.3) is 5.91 Å². The average molecular weight is 529 g/mol. The van der Waals surface area contributed by atoms with Gasteiger partial charge in [0.2, 0.25) is 0 Å². The number of carbonyl (C=O) groups is 1. The zero-order chi connectivity index (χ0) is 26.4. The highest BCUT2D eigenvalue weighted by Gasteiger charge is 2.26. The summed E-state index contributed by atoms with van der Waals surface area (Å²) >= 11 is 0. The molecule has 39 heavy (non-hydrogen) atoms. The summed E-state index contributed by atoms with van der Waals surface area (Å²) < 4.78 is 11.8. The van der Waals surface area contributed by atoms with Crippen LogP contribution >= 0.6 is 0 Å². The van der Waals surface area contributed by atoms with Crippen LogP contribution in [0.25, 0.3) is 0 Å². The first-order valence-corrected chi connectivity index (χ1v) is 14.0. The highest BCUT2D eigenvalue weighted by Crippen LogP contribution is 2.27. The predicted molar refractivity (Wildman–Crippen MR) is 151 cm³/mol. The molecule has 3 aliphatic rings. The second-order valence-electron chi connectivity index (χ2n) is 10.4. The highest BCUT2D eigenvalue weighted by molar-refractivity contribution is 5.97. The number of para-hydroxylation sites is 2. The topological polar surface area (TPSA) is 74.3 Å². The second-order valence-corrected chi connectivity index (χ2v) is 10.4. The van der Waals surface area contributed by atoms with E-state index in [9.17, 15) is 4.79 Å². The fourth-order valence-electron chi connectivity index (χ4n) is 5.55. The Hall–Kier alpha value is -3.69. The van der Waals surface area contributed by atoms with Gasteiger partial charge in [-0.25, -0.2) is 0 Å². The van der Waals surface area contributed by atoms with Crippen LogP contribution in [0.5, 0.6) is 11.5 Å². The van der Waals surface area contributed by atoms with Gasteiger partial charge in [0.15, 0.2) is 11.6 Å². The Morgan fingerprint density at radius 1 is 0.795 bits per heavy atom. The molecule has 1 amide bonds. The zero-order valence-corrected chi connectivity index (χ0v) is 22.3. The number of aromatic nitrogens is 2. The molecule has 6 rings (SSSR count). The third-order valence-corrected chi connectivity index (χ3v) is 7.80. The van der Waals surface area contributed by atoms with Crippen molar-refractivity contribution < 1.29 is 14.3 Å². The minimum Gasteiger partial charge on any atom is -0.457 e. The third-order valence-electron chi connectivity index (χ3n) is 7.80. The molecule has 2 aromatic carbocycles. The van der Waals surface area contributed by atoms with E-state index in [1.165, 1.54) is 12.8 Å². The minimum absolute atomic E-state index is 0.0127. The maximum Gasteiger partial charge on any atom is 0.257 e. The molecule has 1 aromatic heterocycles. The van der Waals surface area contributed by atoms with E-state index in [1.807, 2.05) is 59.5 Å². The van der Waals surface area contributed by atoms with Gasteiger partial charge >= 0.3 is 0 Å². The van der Waals surface area contributed by atoms with Gasteiger partial charge in [0, 0.05) is 65.5 Å². The number of hydrogen-bond donors (Lipinski definition) is 0. The number of hydrogen-bond acceptors (Lipinski definition) is 8. The number of rotatable bonds is 7. The lowest BCUT2D eigenvalue weighted by atomic mass is 10.1. The van der Waals surface area contributed by atoms with Gasteiger partial charge in [-0.2, -0.15) is 0 Å². The lowest BCUT2D eigenvalue weighted by Gasteiger charge is -2.37. The summed E-state index contributed by atoms with van der Waals surface area (Å²) in [6.45, 7) is 8.58. The second kappa shape index (κ2) is 12.0. The quantitative estimate of drug-likeness (QED) is 0.461. The van der Waals surface area contributed by atoms with Crippen LogP contribution in [0.1, 0.15) is 23.2 Å². The fourth-order valence-corrected chi connectivity index (χ4v) is 5.55. The maximum absolute atomic E-state index is 13.4. The van der Waals surface area contributed by atoms with Crippen molar-refractivity contribution >= 4 is 17.5 Å². The van der Waals surface area contributed by atoms with E-state index < -0.39 is 0 Å². The molecule has 9 heteroatoms. The molecule has 204 valence electrons. The average Bonchev–Trinajstić information content (AvgIpc) is 3.51. The molecule has 0 N–H and O–H groups in total. The first-order valence-electron chi connectivity index (χ1n) is 14.0. The Balaban J connectivity index is 1.01. The van der Waals surface area contributed by atoms with Crippen molar-refractivity contribution in [1.29, 1.82) is 0 Å². The van der Waals surface area contributed by atoms with E-state index in [2.05, 4.69) is 37.0 Å². The monoisotopic (exact) mass is 528 g/mol. The number of benzene rings is 2. The van der Waals surface area contributed by atoms with Crippen molar-refractivity contribution in [3.63, 3.8) is 0 Å². The number of ether oxygens (including phenoxy) is 2. The van der Waals surface area contributed by atoms with Gasteiger partial charge in [0.1, 0.15) is 11.5 Å². The largest absolute Gasteiger partial charge is 0.457 e. The molecule has 0 aliphatic carbocycles. The summed E-state index contributed by atoms with van der Waals surface area (Å²) in [5, 5.41) is 9.10. The van der Waals surface area contributed by atoms with Crippen LogP contribution in [0.15, 0.2) is 66.7 Å². The first kappa shape index (κ1) is 25.6. The van der Waals surface area contributed by atoms with Crippen LogP contribution in [0.2, 0.25) is 0 Å². The standard InChI is InChI=1S/C30H36N6O3/c37-30(26-10-4-5-11-27(26)39-24-7-2-1-3-8-24)36-20-18-35(19-21-36)29-13-12-28(31-32-29)34-16-14-33(15-17-34)23-25-9-6-22-38-25/h1-5,7-8,10-13,25H,6,9,14-23H2. The van der Waals surface area contributed by atoms with Crippen LogP contribution in [0, 0.1) is 0 Å². The van der Waals surface area contributed by atoms with E-state index in [0.717, 1.165) is 51.0 Å². The molecule has 3 aromatic rings. The Morgan fingerprint density at radius 3 is 2.08 bits per heavy atom. The number of anilines is 2. The Labute approximate surface area is 229 Å². The molecule has 3 saturated heterocycles. The molecule has 0 spiro atoms. The third kappa shape index (κ3) is 6.15. The Kier molecular flexibility index (Phi) is 7.87. The van der Waals surface area contributed by atoms with E-state index >= 15 is 0 Å². The molecular weight excluding hydrogens is 492 g/mol. The zero-order valence-electron chi connectivity index (χ0n) is 22.3. The minimum atomic E-state index is -0.0127. The maximum atomic E-state index is 13.4. The van der Waals surface area contributed by atoms with Gasteiger partial charge in [-0.3, -0.25) is 9.69 Å².